The highest BCUT2D eigenvalue weighted by Crippen LogP contribution is 2.26. The third-order valence-electron chi connectivity index (χ3n) is 4.60. The molecular formula is C15H25N5O3. The second-order valence-corrected chi connectivity index (χ2v) is 6.59. The van der Waals surface area contributed by atoms with E-state index in [1.54, 1.807) is 18.5 Å². The van der Waals surface area contributed by atoms with E-state index in [1.807, 2.05) is 0 Å². The summed E-state index contributed by atoms with van der Waals surface area (Å²) in [6, 6.07) is 0. The molecule has 0 unspecified atom stereocenters. The fourth-order valence-electron chi connectivity index (χ4n) is 2.98. The highest BCUT2D eigenvalue weighted by atomic mass is 16.6. The largest absolute Gasteiger partial charge is 0.355 e. The molecule has 1 aliphatic rings. The van der Waals surface area contributed by atoms with Crippen LogP contribution in [0.1, 0.15) is 37.6 Å². The van der Waals surface area contributed by atoms with Crippen LogP contribution in [0.15, 0.2) is 0 Å². The van der Waals surface area contributed by atoms with Crippen LogP contribution < -0.4 is 10.6 Å². The minimum Gasteiger partial charge on any atom is -0.355 e. The highest BCUT2D eigenvalue weighted by molar-refractivity contribution is 5.75. The van der Waals surface area contributed by atoms with E-state index in [1.165, 1.54) is 0 Å². The van der Waals surface area contributed by atoms with Gasteiger partial charge in [-0.2, -0.15) is 5.10 Å². The molecule has 128 valence electrons. The molecule has 2 N–H and O–H groups in total. The van der Waals surface area contributed by atoms with Gasteiger partial charge in [0.05, 0.1) is 11.5 Å². The lowest BCUT2D eigenvalue weighted by molar-refractivity contribution is -0.386. The molecule has 2 heterocycles. The maximum atomic E-state index is 12.0. The van der Waals surface area contributed by atoms with Crippen molar-refractivity contribution in [3.05, 3.63) is 21.5 Å². The van der Waals surface area contributed by atoms with Gasteiger partial charge in [0.25, 0.3) is 0 Å². The van der Waals surface area contributed by atoms with Gasteiger partial charge in [-0.1, -0.05) is 6.92 Å². The topological polar surface area (TPSA) is 102 Å². The Kier molecular flexibility index (Phi) is 5.35. The predicted octanol–water partition coefficient (Wildman–Crippen LogP) is 1.30. The van der Waals surface area contributed by atoms with E-state index in [0.29, 0.717) is 24.5 Å². The van der Waals surface area contributed by atoms with Gasteiger partial charge in [0.1, 0.15) is 11.4 Å². The van der Waals surface area contributed by atoms with Gasteiger partial charge in [-0.25, -0.2) is 0 Å². The highest BCUT2D eigenvalue weighted by Gasteiger charge is 2.27. The number of aryl methyl sites for hydroxylation is 2. The molecule has 23 heavy (non-hydrogen) atoms. The smallest absolute Gasteiger partial charge is 0.312 e. The van der Waals surface area contributed by atoms with Gasteiger partial charge in [0.15, 0.2) is 0 Å². The summed E-state index contributed by atoms with van der Waals surface area (Å²) in [5.74, 6) is -0.0417. The Bertz CT molecular complexity index is 590. The summed E-state index contributed by atoms with van der Waals surface area (Å²) in [5, 5.41) is 21.4. The molecule has 1 aromatic heterocycles. The van der Waals surface area contributed by atoms with E-state index >= 15 is 0 Å². The molecule has 1 fully saturated rings. The number of nitrogens with one attached hydrogen (secondary N) is 2. The molecule has 1 aromatic rings. The maximum absolute atomic E-state index is 12.0. The maximum Gasteiger partial charge on any atom is 0.312 e. The Balaban J connectivity index is 1.85. The number of aromatic nitrogens is 2. The lowest BCUT2D eigenvalue weighted by Crippen LogP contribution is -2.43. The first kappa shape index (κ1) is 17.4. The van der Waals surface area contributed by atoms with Gasteiger partial charge in [0, 0.05) is 13.0 Å². The molecule has 0 bridgehead atoms. The Morgan fingerprint density at radius 2 is 2.09 bits per heavy atom. The van der Waals surface area contributed by atoms with Crippen LogP contribution in [0.2, 0.25) is 0 Å². The minimum atomic E-state index is -0.424. The molecular weight excluding hydrogens is 298 g/mol. The standard InChI is InChI=1S/C15H25N5O3/c1-11-14(20(22)23)12(2)19(18-11)9-4-13(21)17-10-15(3)5-7-16-8-6-15/h16H,4-10H2,1-3H3,(H,17,21). The van der Waals surface area contributed by atoms with Gasteiger partial charge < -0.3 is 10.6 Å². The van der Waals surface area contributed by atoms with Gasteiger partial charge in [-0.3, -0.25) is 19.6 Å². The lowest BCUT2D eigenvalue weighted by Gasteiger charge is -2.34. The Hall–Kier alpha value is -1.96. The molecule has 0 spiro atoms. The van der Waals surface area contributed by atoms with Crippen LogP contribution in [0.4, 0.5) is 5.69 Å². The molecule has 0 aliphatic carbocycles. The number of piperidine rings is 1. The number of hydrogen-bond donors (Lipinski definition) is 2. The number of nitro groups is 1. The average Bonchev–Trinajstić information content (AvgIpc) is 2.78. The molecule has 1 saturated heterocycles. The summed E-state index contributed by atoms with van der Waals surface area (Å²) in [4.78, 5) is 22.6. The van der Waals surface area contributed by atoms with Crippen LogP contribution in [0, 0.1) is 29.4 Å². The van der Waals surface area contributed by atoms with E-state index in [4.69, 9.17) is 0 Å². The number of amides is 1. The summed E-state index contributed by atoms with van der Waals surface area (Å²) in [6.07, 6.45) is 2.38. The molecule has 8 heteroatoms. The molecule has 0 radical (unpaired) electrons. The quantitative estimate of drug-likeness (QED) is 0.607. The summed E-state index contributed by atoms with van der Waals surface area (Å²) in [7, 11) is 0. The second kappa shape index (κ2) is 7.08. The third-order valence-corrected chi connectivity index (χ3v) is 4.60. The fourth-order valence-corrected chi connectivity index (χ4v) is 2.98. The van der Waals surface area contributed by atoms with Crippen molar-refractivity contribution in [1.82, 2.24) is 20.4 Å². The van der Waals surface area contributed by atoms with Crippen LogP contribution >= 0.6 is 0 Å². The number of nitrogens with zero attached hydrogens (tertiary/aromatic N) is 3. The zero-order valence-corrected chi connectivity index (χ0v) is 14.0. The SMILES string of the molecule is Cc1nn(CCC(=O)NCC2(C)CCNCC2)c(C)c1[N+](=O)[O-]. The molecule has 0 aromatic carbocycles. The number of carbonyl (C=O) groups is 1. The summed E-state index contributed by atoms with van der Waals surface area (Å²) in [6.45, 7) is 8.46. The molecule has 1 amide bonds. The van der Waals surface area contributed by atoms with Crippen molar-refractivity contribution in [2.24, 2.45) is 5.41 Å². The van der Waals surface area contributed by atoms with Crippen molar-refractivity contribution in [3.8, 4) is 0 Å². The normalized spacial score (nSPS) is 17.0. The first-order valence-electron chi connectivity index (χ1n) is 7.98. The van der Waals surface area contributed by atoms with Crippen LogP contribution in [-0.2, 0) is 11.3 Å². The number of carbonyl (C=O) groups excluding carboxylic acids is 1. The van der Waals surface area contributed by atoms with Crippen molar-refractivity contribution < 1.29 is 9.72 Å². The van der Waals surface area contributed by atoms with Crippen LogP contribution in [0.3, 0.4) is 0 Å². The molecule has 0 saturated carbocycles. The number of rotatable bonds is 6. The van der Waals surface area contributed by atoms with Crippen LogP contribution in [-0.4, -0.2) is 40.2 Å². The van der Waals surface area contributed by atoms with E-state index in [9.17, 15) is 14.9 Å². The molecule has 0 atom stereocenters. The van der Waals surface area contributed by atoms with Crippen molar-refractivity contribution in [3.63, 3.8) is 0 Å². The van der Waals surface area contributed by atoms with E-state index in [-0.39, 0.29) is 23.4 Å². The first-order chi connectivity index (χ1) is 10.8. The summed E-state index contributed by atoms with van der Waals surface area (Å²) >= 11 is 0. The van der Waals surface area contributed by atoms with Crippen molar-refractivity contribution >= 4 is 11.6 Å². The van der Waals surface area contributed by atoms with E-state index in [0.717, 1.165) is 25.9 Å². The third kappa shape index (κ3) is 4.28. The van der Waals surface area contributed by atoms with Crippen LogP contribution in [0.5, 0.6) is 0 Å². The average molecular weight is 323 g/mol. The van der Waals surface area contributed by atoms with Crippen LogP contribution in [0.25, 0.3) is 0 Å². The van der Waals surface area contributed by atoms with Crippen molar-refractivity contribution in [2.75, 3.05) is 19.6 Å². The first-order valence-corrected chi connectivity index (χ1v) is 7.98. The molecule has 8 nitrogen and oxygen atoms in total. The van der Waals surface area contributed by atoms with Gasteiger partial charge in [0.2, 0.25) is 5.91 Å². The van der Waals surface area contributed by atoms with Gasteiger partial charge >= 0.3 is 5.69 Å². The van der Waals surface area contributed by atoms with Crippen molar-refractivity contribution in [1.29, 1.82) is 0 Å². The molecule has 2 rings (SSSR count). The monoisotopic (exact) mass is 323 g/mol. The zero-order chi connectivity index (χ0) is 17.0. The minimum absolute atomic E-state index is 0.0348. The second-order valence-electron chi connectivity index (χ2n) is 6.59. The fraction of sp³-hybridized carbons (Fsp3) is 0.733. The summed E-state index contributed by atoms with van der Waals surface area (Å²) in [5.41, 5.74) is 1.06. The lowest BCUT2D eigenvalue weighted by atomic mass is 9.81. The van der Waals surface area contributed by atoms with E-state index in [2.05, 4.69) is 22.7 Å². The predicted molar refractivity (Wildman–Crippen MR) is 86.2 cm³/mol. The van der Waals surface area contributed by atoms with Crippen molar-refractivity contribution in [2.45, 2.75) is 46.6 Å². The van der Waals surface area contributed by atoms with Gasteiger partial charge in [-0.15, -0.1) is 0 Å². The zero-order valence-electron chi connectivity index (χ0n) is 14.0. The Labute approximate surface area is 135 Å². The number of hydrogen-bond acceptors (Lipinski definition) is 5. The Morgan fingerprint density at radius 1 is 1.43 bits per heavy atom. The Morgan fingerprint density at radius 3 is 2.65 bits per heavy atom. The molecule has 1 aliphatic heterocycles. The van der Waals surface area contributed by atoms with Gasteiger partial charge in [-0.05, 0) is 45.2 Å². The van der Waals surface area contributed by atoms with E-state index < -0.39 is 4.92 Å². The summed E-state index contributed by atoms with van der Waals surface area (Å²) < 4.78 is 1.54.